The van der Waals surface area contributed by atoms with Crippen molar-refractivity contribution in [1.29, 1.82) is 0 Å². The number of anilines is 1. The highest BCUT2D eigenvalue weighted by molar-refractivity contribution is 8.00. The molecule has 2 unspecified atom stereocenters. The fourth-order valence-electron chi connectivity index (χ4n) is 5.08. The van der Waals surface area contributed by atoms with Crippen molar-refractivity contribution >= 4 is 95.0 Å². The van der Waals surface area contributed by atoms with Crippen molar-refractivity contribution in [2.45, 2.75) is 69.3 Å². The highest BCUT2D eigenvalue weighted by Crippen LogP contribution is 2.42. The summed E-state index contributed by atoms with van der Waals surface area (Å²) in [5, 5.41) is 8.29. The van der Waals surface area contributed by atoms with E-state index in [-0.39, 0.29) is 51.9 Å². The molecular weight excluding hydrogens is 748 g/mol. The monoisotopic (exact) mass is 779 g/mol. The zero-order valence-electron chi connectivity index (χ0n) is 27.8. The summed E-state index contributed by atoms with van der Waals surface area (Å²) in [6, 6.07) is 5.80. The van der Waals surface area contributed by atoms with Gasteiger partial charge in [-0.25, -0.2) is 19.4 Å². The summed E-state index contributed by atoms with van der Waals surface area (Å²) in [6.45, 7) is 4.96. The molecule has 1 aromatic carbocycles. The lowest BCUT2D eigenvalue weighted by Gasteiger charge is -2.49. The molecule has 2 atom stereocenters. The van der Waals surface area contributed by atoms with Crippen molar-refractivity contribution in [3.05, 3.63) is 51.1 Å². The number of methoxy groups -OCH3 is 1. The predicted octanol–water partition coefficient (Wildman–Crippen LogP) is 4.06. The second kappa shape index (κ2) is 15.7. The summed E-state index contributed by atoms with van der Waals surface area (Å²) in [5.41, 5.74) is -1.89. The Morgan fingerprint density at radius 1 is 1.18 bits per heavy atom. The molecule has 51 heavy (non-hydrogen) atoms. The zero-order valence-corrected chi connectivity index (χ0v) is 30.9. The van der Waals surface area contributed by atoms with Crippen LogP contribution in [0, 0.1) is 0 Å². The average Bonchev–Trinajstić information content (AvgIpc) is 3.43. The first-order chi connectivity index (χ1) is 24.2. The van der Waals surface area contributed by atoms with Gasteiger partial charge in [0.1, 0.15) is 45.1 Å². The number of rotatable bonds is 12. The van der Waals surface area contributed by atoms with Crippen molar-refractivity contribution in [2.75, 3.05) is 24.1 Å². The van der Waals surface area contributed by atoms with Crippen LogP contribution in [0.25, 0.3) is 0 Å². The molecule has 2 radical (unpaired) electrons. The lowest BCUT2D eigenvalue weighted by atomic mass is 9.80. The van der Waals surface area contributed by atoms with Crippen LogP contribution in [0.1, 0.15) is 51.3 Å². The maximum atomic E-state index is 13.9. The lowest BCUT2D eigenvalue weighted by molar-refractivity contribution is -0.175. The highest BCUT2D eigenvalue weighted by atomic mass is 35.5. The molecule has 15 nitrogen and oxygen atoms in total. The number of oxime groups is 1. The van der Waals surface area contributed by atoms with Crippen LogP contribution in [0.5, 0.6) is 5.75 Å². The quantitative estimate of drug-likeness (QED) is 0.0788. The van der Waals surface area contributed by atoms with Gasteiger partial charge in [0.2, 0.25) is 5.60 Å². The van der Waals surface area contributed by atoms with E-state index in [0.29, 0.717) is 23.3 Å². The minimum atomic E-state index is -1.55. The molecule has 1 aliphatic carbocycles. The number of esters is 1. The number of ether oxygens (including phenoxy) is 3. The molecule has 3 heterocycles. The van der Waals surface area contributed by atoms with Gasteiger partial charge in [-0.15, -0.1) is 23.4 Å². The highest BCUT2D eigenvalue weighted by Gasteiger charge is 2.55. The number of fused-ring (bicyclic) bond motifs is 1. The lowest BCUT2D eigenvalue weighted by Crippen LogP contribution is -2.71. The van der Waals surface area contributed by atoms with E-state index in [1.807, 2.05) is 0 Å². The summed E-state index contributed by atoms with van der Waals surface area (Å²) in [5.74, 6) is -2.32. The van der Waals surface area contributed by atoms with E-state index in [1.54, 1.807) is 45.0 Å². The molecule has 2 aromatic rings. The van der Waals surface area contributed by atoms with Gasteiger partial charge in [0.15, 0.2) is 10.8 Å². The fourth-order valence-corrected chi connectivity index (χ4v) is 7.79. The minimum absolute atomic E-state index is 0.00242. The van der Waals surface area contributed by atoms with Gasteiger partial charge in [0.05, 0.1) is 7.11 Å². The SMILES string of the molecule is [B]OC(=O)C1(ON=C(C(=O)NC2C(=O)N3C(C(=O)OCc4ccc(OC)cc4)=C(CCl)CSC23)c2nc(NC(=O)OC(C)(C)C)sc2Cl)CCC1. The number of alkyl halides is 1. The first-order valence-corrected chi connectivity index (χ1v) is 18.2. The Balaban J connectivity index is 1.35. The van der Waals surface area contributed by atoms with Gasteiger partial charge < -0.3 is 29.0 Å². The molecule has 3 amide bonds. The number of benzene rings is 1. The van der Waals surface area contributed by atoms with Crippen LogP contribution in [0.2, 0.25) is 4.34 Å². The largest absolute Gasteiger partial charge is 0.540 e. The van der Waals surface area contributed by atoms with Crippen LogP contribution in [0.15, 0.2) is 40.7 Å². The third-order valence-electron chi connectivity index (χ3n) is 7.80. The predicted molar refractivity (Wildman–Crippen MR) is 189 cm³/mol. The number of nitrogens with one attached hydrogen (secondary N) is 2. The van der Waals surface area contributed by atoms with Gasteiger partial charge in [-0.2, -0.15) is 0 Å². The molecule has 2 aliphatic heterocycles. The van der Waals surface area contributed by atoms with Gasteiger partial charge in [-0.3, -0.25) is 19.8 Å². The molecule has 2 N–H and O–H groups in total. The molecule has 1 saturated heterocycles. The third kappa shape index (κ3) is 8.40. The van der Waals surface area contributed by atoms with Gasteiger partial charge in [-0.05, 0) is 50.5 Å². The first-order valence-electron chi connectivity index (χ1n) is 15.4. The molecule has 5 rings (SSSR count). The van der Waals surface area contributed by atoms with E-state index in [0.717, 1.165) is 11.3 Å². The number of carbonyl (C=O) groups is 5. The number of nitrogens with zero attached hydrogens (tertiary/aromatic N) is 3. The van der Waals surface area contributed by atoms with Crippen LogP contribution < -0.4 is 15.4 Å². The second-order valence-electron chi connectivity index (χ2n) is 12.4. The Labute approximate surface area is 312 Å². The molecule has 20 heteroatoms. The molecule has 3 aliphatic rings. The molecule has 1 aromatic heterocycles. The van der Waals surface area contributed by atoms with Crippen molar-refractivity contribution in [3.63, 3.8) is 0 Å². The van der Waals surface area contributed by atoms with E-state index in [1.165, 1.54) is 23.8 Å². The number of halogens is 2. The fraction of sp³-hybridized carbons (Fsp3) is 0.452. The van der Waals surface area contributed by atoms with Gasteiger partial charge in [0, 0.05) is 24.5 Å². The van der Waals surface area contributed by atoms with Gasteiger partial charge in [0.25, 0.3) is 11.8 Å². The Morgan fingerprint density at radius 2 is 1.88 bits per heavy atom. The van der Waals surface area contributed by atoms with Crippen LogP contribution in [-0.4, -0.2) is 94.9 Å². The summed E-state index contributed by atoms with van der Waals surface area (Å²) >= 11 is 14.7. The topological polar surface area (TPSA) is 184 Å². The molecule has 1 saturated carbocycles. The molecule has 2 fully saturated rings. The van der Waals surface area contributed by atoms with Crippen molar-refractivity contribution in [1.82, 2.24) is 15.2 Å². The first kappa shape index (κ1) is 38.2. The summed E-state index contributed by atoms with van der Waals surface area (Å²) in [4.78, 5) is 76.6. The van der Waals surface area contributed by atoms with Crippen molar-refractivity contribution < 1.29 is 47.7 Å². The maximum absolute atomic E-state index is 13.9. The van der Waals surface area contributed by atoms with Crippen LogP contribution in [-0.2, 0) is 44.8 Å². The van der Waals surface area contributed by atoms with Crippen LogP contribution in [0.3, 0.4) is 0 Å². The summed E-state index contributed by atoms with van der Waals surface area (Å²) in [7, 11) is 6.65. The number of thioether (sulfide) groups is 1. The number of thiazole rings is 1. The number of hydrogen-bond acceptors (Lipinski definition) is 14. The van der Waals surface area contributed by atoms with E-state index in [2.05, 4.69) is 25.4 Å². The van der Waals surface area contributed by atoms with E-state index < -0.39 is 58.2 Å². The average molecular weight is 780 g/mol. The van der Waals surface area contributed by atoms with Crippen LogP contribution in [0.4, 0.5) is 9.93 Å². The standard InChI is InChI=1S/C31H32BCl2N5O10S2/c1-30(2,3)47-29(44)37-28-36-18(22(34)51-28)19(38-49-31(10-5-11-31)27(43)48-32)23(40)35-20-24(41)39-21(16(12-33)14-50-25(20)39)26(42)46-13-15-6-8-17(45-4)9-7-15/h6-9,20,25H,5,10-14H2,1-4H3,(H,35,40)(H,36,37,44). The van der Waals surface area contributed by atoms with E-state index >= 15 is 0 Å². The van der Waals surface area contributed by atoms with Gasteiger partial charge >= 0.3 is 26.1 Å². The Hall–Kier alpha value is -4.00. The summed E-state index contributed by atoms with van der Waals surface area (Å²) in [6.07, 6.45) is 0.189. The number of amides is 3. The molecule has 0 bridgehead atoms. The van der Waals surface area contributed by atoms with Crippen molar-refractivity contribution in [3.8, 4) is 5.75 Å². The van der Waals surface area contributed by atoms with E-state index in [9.17, 15) is 24.0 Å². The minimum Gasteiger partial charge on any atom is -0.540 e. The Morgan fingerprint density at radius 3 is 2.47 bits per heavy atom. The third-order valence-corrected chi connectivity index (χ3v) is 10.6. The number of β-lactam (4-membered cyclic amide) rings is 1. The maximum Gasteiger partial charge on any atom is 0.413 e. The second-order valence-corrected chi connectivity index (χ2v) is 15.4. The zero-order chi connectivity index (χ0) is 37.1. The van der Waals surface area contributed by atoms with E-state index in [4.69, 9.17) is 50.3 Å². The van der Waals surface area contributed by atoms with Crippen LogP contribution >= 0.6 is 46.3 Å². The number of aromatic nitrogens is 1. The molecule has 0 spiro atoms. The molecular formula is C31H32BCl2N5O10S2. The number of hydrogen-bond donors (Lipinski definition) is 2. The Bertz CT molecular complexity index is 1780. The number of carbonyl (C=O) groups excluding carboxylic acids is 5. The Kier molecular flexibility index (Phi) is 11.8. The summed E-state index contributed by atoms with van der Waals surface area (Å²) < 4.78 is 20.3. The van der Waals surface area contributed by atoms with Crippen molar-refractivity contribution in [2.24, 2.45) is 5.16 Å². The molecule has 270 valence electrons. The van der Waals surface area contributed by atoms with Gasteiger partial charge in [-0.1, -0.05) is 40.2 Å². The smallest absolute Gasteiger partial charge is 0.413 e. The normalized spacial score (nSPS) is 19.5.